The minimum atomic E-state index is -0.195. The molecule has 0 spiro atoms. The van der Waals surface area contributed by atoms with E-state index in [1.807, 2.05) is 59.4 Å². The highest BCUT2D eigenvalue weighted by Crippen LogP contribution is 2.42. The van der Waals surface area contributed by atoms with Crippen molar-refractivity contribution in [2.75, 3.05) is 0 Å². The second kappa shape index (κ2) is 8.47. The number of benzene rings is 2. The average Bonchev–Trinajstić information content (AvgIpc) is 3.31. The van der Waals surface area contributed by atoms with Crippen LogP contribution in [0, 0.1) is 0 Å². The van der Waals surface area contributed by atoms with Gasteiger partial charge in [0.1, 0.15) is 0 Å². The average molecular weight is 477 g/mol. The van der Waals surface area contributed by atoms with Gasteiger partial charge in [0.2, 0.25) is 0 Å². The van der Waals surface area contributed by atoms with E-state index in [9.17, 15) is 4.79 Å². The SMILES string of the molecule is O=C(NCc1ccccc1Cn1cccn1)c1nnn(-c2ccc(Br)cc2)c1C1CC1. The number of amides is 1. The van der Waals surface area contributed by atoms with Gasteiger partial charge in [0.25, 0.3) is 5.91 Å². The molecule has 156 valence electrons. The molecule has 1 aliphatic carbocycles. The van der Waals surface area contributed by atoms with Crippen molar-refractivity contribution in [3.8, 4) is 5.69 Å². The number of nitrogens with one attached hydrogen (secondary N) is 1. The van der Waals surface area contributed by atoms with E-state index in [1.165, 1.54) is 0 Å². The largest absolute Gasteiger partial charge is 0.346 e. The number of hydrogen-bond donors (Lipinski definition) is 1. The first-order valence-electron chi connectivity index (χ1n) is 10.2. The van der Waals surface area contributed by atoms with Crippen molar-refractivity contribution < 1.29 is 4.79 Å². The van der Waals surface area contributed by atoms with Gasteiger partial charge in [0.05, 0.1) is 17.9 Å². The zero-order valence-corrected chi connectivity index (χ0v) is 18.4. The topological polar surface area (TPSA) is 77.6 Å². The summed E-state index contributed by atoms with van der Waals surface area (Å²) < 4.78 is 4.66. The number of halogens is 1. The zero-order valence-electron chi connectivity index (χ0n) is 16.8. The van der Waals surface area contributed by atoms with Crippen LogP contribution in [-0.2, 0) is 13.1 Å². The lowest BCUT2D eigenvalue weighted by atomic mass is 10.1. The van der Waals surface area contributed by atoms with Crippen molar-refractivity contribution in [2.45, 2.75) is 31.8 Å². The van der Waals surface area contributed by atoms with Crippen LogP contribution in [0.5, 0.6) is 0 Å². The van der Waals surface area contributed by atoms with Crippen LogP contribution in [-0.4, -0.2) is 30.7 Å². The molecule has 0 radical (unpaired) electrons. The maximum atomic E-state index is 13.0. The van der Waals surface area contributed by atoms with E-state index in [4.69, 9.17) is 0 Å². The molecule has 0 atom stereocenters. The molecule has 1 aliphatic rings. The van der Waals surface area contributed by atoms with E-state index in [2.05, 4.69) is 42.7 Å². The number of hydrogen-bond acceptors (Lipinski definition) is 4. The summed E-state index contributed by atoms with van der Waals surface area (Å²) in [6.07, 6.45) is 5.80. The molecule has 1 amide bonds. The summed E-state index contributed by atoms with van der Waals surface area (Å²) in [6, 6.07) is 17.8. The minimum Gasteiger partial charge on any atom is -0.346 e. The molecule has 7 nitrogen and oxygen atoms in total. The van der Waals surface area contributed by atoms with Crippen molar-refractivity contribution in [1.82, 2.24) is 30.1 Å². The molecule has 0 unspecified atom stereocenters. The molecule has 2 aromatic carbocycles. The van der Waals surface area contributed by atoms with Crippen LogP contribution in [0.25, 0.3) is 5.69 Å². The molecule has 31 heavy (non-hydrogen) atoms. The fraction of sp³-hybridized carbons (Fsp3) is 0.217. The van der Waals surface area contributed by atoms with E-state index < -0.39 is 0 Å². The first kappa shape index (κ1) is 19.7. The third kappa shape index (κ3) is 4.29. The monoisotopic (exact) mass is 476 g/mol. The lowest BCUT2D eigenvalue weighted by Crippen LogP contribution is -2.25. The number of carbonyl (C=O) groups is 1. The lowest BCUT2D eigenvalue weighted by molar-refractivity contribution is 0.0944. The quantitative estimate of drug-likeness (QED) is 0.435. The van der Waals surface area contributed by atoms with Gasteiger partial charge in [-0.15, -0.1) is 5.10 Å². The number of aromatic nitrogens is 5. The van der Waals surface area contributed by atoms with E-state index in [-0.39, 0.29) is 5.91 Å². The van der Waals surface area contributed by atoms with E-state index in [0.717, 1.165) is 39.8 Å². The van der Waals surface area contributed by atoms with E-state index in [0.29, 0.717) is 24.7 Å². The summed E-state index contributed by atoms with van der Waals surface area (Å²) in [5.41, 5.74) is 4.38. The van der Waals surface area contributed by atoms with Gasteiger partial charge in [-0.3, -0.25) is 9.48 Å². The molecular weight excluding hydrogens is 456 g/mol. The van der Waals surface area contributed by atoms with Crippen molar-refractivity contribution in [3.05, 3.63) is 94.0 Å². The molecular formula is C23H21BrN6O. The molecule has 1 fully saturated rings. The molecule has 5 rings (SSSR count). The van der Waals surface area contributed by atoms with Gasteiger partial charge in [-0.05, 0) is 54.3 Å². The Bertz CT molecular complexity index is 1200. The highest BCUT2D eigenvalue weighted by molar-refractivity contribution is 9.10. The van der Waals surface area contributed by atoms with Crippen LogP contribution in [0.2, 0.25) is 0 Å². The Labute approximate surface area is 188 Å². The summed E-state index contributed by atoms with van der Waals surface area (Å²) in [5, 5.41) is 15.9. The highest BCUT2D eigenvalue weighted by atomic mass is 79.9. The summed E-state index contributed by atoms with van der Waals surface area (Å²) in [7, 11) is 0. The van der Waals surface area contributed by atoms with Crippen LogP contribution in [0.1, 0.15) is 46.1 Å². The Kier molecular flexibility index (Phi) is 5.38. The number of carbonyl (C=O) groups excluding carboxylic acids is 1. The highest BCUT2D eigenvalue weighted by Gasteiger charge is 2.34. The van der Waals surface area contributed by atoms with E-state index >= 15 is 0 Å². The van der Waals surface area contributed by atoms with Gasteiger partial charge in [0.15, 0.2) is 5.69 Å². The Morgan fingerprint density at radius 2 is 1.84 bits per heavy atom. The molecule has 8 heteroatoms. The lowest BCUT2D eigenvalue weighted by Gasteiger charge is -2.11. The van der Waals surface area contributed by atoms with Crippen molar-refractivity contribution in [3.63, 3.8) is 0 Å². The Morgan fingerprint density at radius 1 is 1.06 bits per heavy atom. The predicted molar refractivity (Wildman–Crippen MR) is 120 cm³/mol. The molecule has 2 aromatic heterocycles. The Balaban J connectivity index is 1.36. The van der Waals surface area contributed by atoms with Crippen molar-refractivity contribution in [2.24, 2.45) is 0 Å². The van der Waals surface area contributed by atoms with Crippen LogP contribution in [0.4, 0.5) is 0 Å². The van der Waals surface area contributed by atoms with Crippen LogP contribution >= 0.6 is 15.9 Å². The number of rotatable bonds is 7. The molecule has 0 bridgehead atoms. The van der Waals surface area contributed by atoms with Gasteiger partial charge >= 0.3 is 0 Å². The fourth-order valence-corrected chi connectivity index (χ4v) is 3.92. The third-order valence-corrected chi connectivity index (χ3v) is 5.93. The minimum absolute atomic E-state index is 0.195. The second-order valence-electron chi connectivity index (χ2n) is 7.64. The molecule has 4 aromatic rings. The van der Waals surface area contributed by atoms with Crippen LogP contribution in [0.15, 0.2) is 71.5 Å². The zero-order chi connectivity index (χ0) is 21.2. The molecule has 2 heterocycles. The summed E-state index contributed by atoms with van der Waals surface area (Å²) in [4.78, 5) is 13.0. The Hall–Kier alpha value is -3.26. The second-order valence-corrected chi connectivity index (χ2v) is 8.56. The molecule has 0 aliphatic heterocycles. The first-order valence-corrected chi connectivity index (χ1v) is 11.0. The number of nitrogens with zero attached hydrogens (tertiary/aromatic N) is 5. The van der Waals surface area contributed by atoms with Gasteiger partial charge in [-0.1, -0.05) is 45.4 Å². The molecule has 0 saturated heterocycles. The summed E-state index contributed by atoms with van der Waals surface area (Å²) >= 11 is 3.46. The first-order chi connectivity index (χ1) is 15.2. The standard InChI is InChI=1S/C23H21BrN6O/c24-19-8-10-20(11-9-19)30-22(16-6-7-16)21(27-28-30)23(31)25-14-17-4-1-2-5-18(17)15-29-13-3-12-26-29/h1-5,8-13,16H,6-7,14-15H2,(H,25,31). The maximum Gasteiger partial charge on any atom is 0.274 e. The van der Waals surface area contributed by atoms with E-state index in [1.54, 1.807) is 10.9 Å². The van der Waals surface area contributed by atoms with Gasteiger partial charge < -0.3 is 5.32 Å². The fourth-order valence-electron chi connectivity index (χ4n) is 3.66. The maximum absolute atomic E-state index is 13.0. The summed E-state index contributed by atoms with van der Waals surface area (Å²) in [5.74, 6) is 0.130. The predicted octanol–water partition coefficient (Wildman–Crippen LogP) is 4.08. The summed E-state index contributed by atoms with van der Waals surface area (Å²) in [6.45, 7) is 1.08. The van der Waals surface area contributed by atoms with Gasteiger partial charge in [-0.25, -0.2) is 4.68 Å². The van der Waals surface area contributed by atoms with Crippen LogP contribution < -0.4 is 5.32 Å². The van der Waals surface area contributed by atoms with Crippen molar-refractivity contribution >= 4 is 21.8 Å². The van der Waals surface area contributed by atoms with Gasteiger partial charge in [0, 0.05) is 29.3 Å². The Morgan fingerprint density at radius 3 is 2.55 bits per heavy atom. The van der Waals surface area contributed by atoms with Crippen molar-refractivity contribution in [1.29, 1.82) is 0 Å². The molecule has 1 saturated carbocycles. The smallest absolute Gasteiger partial charge is 0.274 e. The van der Waals surface area contributed by atoms with Gasteiger partial charge in [-0.2, -0.15) is 5.10 Å². The van der Waals surface area contributed by atoms with Crippen LogP contribution in [0.3, 0.4) is 0 Å². The molecule has 1 N–H and O–H groups in total. The normalized spacial score (nSPS) is 13.3. The third-order valence-electron chi connectivity index (χ3n) is 5.40.